The molecular formula is C10H20N2OS. The Hall–Kier alpha value is 0.230. The molecule has 0 spiro atoms. The molecule has 2 aliphatic rings. The molecular weight excluding hydrogens is 196 g/mol. The van der Waals surface area contributed by atoms with Crippen molar-refractivity contribution in [3.63, 3.8) is 0 Å². The van der Waals surface area contributed by atoms with Crippen LogP contribution in [0.3, 0.4) is 0 Å². The number of hydrogen-bond acceptors (Lipinski definition) is 4. The molecule has 2 heterocycles. The van der Waals surface area contributed by atoms with Crippen LogP contribution < -0.4 is 5.32 Å². The number of morpholine rings is 1. The van der Waals surface area contributed by atoms with E-state index in [9.17, 15) is 0 Å². The maximum atomic E-state index is 5.74. The molecule has 82 valence electrons. The molecule has 2 rings (SSSR count). The summed E-state index contributed by atoms with van der Waals surface area (Å²) in [6.07, 6.45) is 3.86. The van der Waals surface area contributed by atoms with Crippen molar-refractivity contribution in [1.29, 1.82) is 0 Å². The van der Waals surface area contributed by atoms with Crippen molar-refractivity contribution in [2.24, 2.45) is 0 Å². The van der Waals surface area contributed by atoms with E-state index < -0.39 is 0 Å². The Morgan fingerprint density at radius 2 is 2.50 bits per heavy atom. The average molecular weight is 216 g/mol. The second-order valence-electron chi connectivity index (χ2n) is 4.05. The fourth-order valence-electron chi connectivity index (χ4n) is 2.27. The molecule has 0 bridgehead atoms. The lowest BCUT2D eigenvalue weighted by Gasteiger charge is -2.41. The van der Waals surface area contributed by atoms with Gasteiger partial charge in [-0.3, -0.25) is 0 Å². The molecule has 2 saturated heterocycles. The Balaban J connectivity index is 1.77. The van der Waals surface area contributed by atoms with Crippen molar-refractivity contribution >= 4 is 11.8 Å². The Kier molecular flexibility index (Phi) is 4.10. The largest absolute Gasteiger partial charge is 0.375 e. The van der Waals surface area contributed by atoms with E-state index >= 15 is 0 Å². The predicted octanol–water partition coefficient (Wildman–Crippen LogP) is 0.412. The first-order chi connectivity index (χ1) is 6.90. The van der Waals surface area contributed by atoms with E-state index in [0.29, 0.717) is 12.1 Å². The van der Waals surface area contributed by atoms with Gasteiger partial charge in [-0.1, -0.05) is 0 Å². The first-order valence-corrected chi connectivity index (χ1v) is 6.86. The molecule has 1 N–H and O–H groups in total. The highest BCUT2D eigenvalue weighted by Gasteiger charge is 2.31. The van der Waals surface area contributed by atoms with E-state index in [-0.39, 0.29) is 0 Å². The number of hydrogen-bond donors (Lipinski definition) is 1. The lowest BCUT2D eigenvalue weighted by Crippen LogP contribution is -2.58. The van der Waals surface area contributed by atoms with E-state index in [1.54, 1.807) is 0 Å². The molecule has 2 atom stereocenters. The number of fused-ring (bicyclic) bond motifs is 1. The molecule has 0 aromatic carbocycles. The van der Waals surface area contributed by atoms with E-state index in [1.807, 2.05) is 11.8 Å². The molecule has 0 amide bonds. The minimum atomic E-state index is 0.481. The van der Waals surface area contributed by atoms with E-state index in [0.717, 1.165) is 13.2 Å². The lowest BCUT2D eigenvalue weighted by molar-refractivity contribution is -0.0418. The minimum Gasteiger partial charge on any atom is -0.375 e. The van der Waals surface area contributed by atoms with Crippen LogP contribution in [0.25, 0.3) is 0 Å². The van der Waals surface area contributed by atoms with Crippen LogP contribution in [-0.2, 0) is 4.74 Å². The average Bonchev–Trinajstić information content (AvgIpc) is 2.26. The van der Waals surface area contributed by atoms with Crippen molar-refractivity contribution in [2.45, 2.75) is 18.6 Å². The molecule has 0 unspecified atom stereocenters. The van der Waals surface area contributed by atoms with Crippen LogP contribution >= 0.6 is 11.8 Å². The summed E-state index contributed by atoms with van der Waals surface area (Å²) < 4.78 is 5.74. The zero-order chi connectivity index (χ0) is 9.80. The third-order valence-corrected chi connectivity index (χ3v) is 3.68. The zero-order valence-electron chi connectivity index (χ0n) is 8.87. The highest BCUT2D eigenvalue weighted by atomic mass is 32.2. The smallest absolute Gasteiger partial charge is 0.0753 e. The first-order valence-electron chi connectivity index (χ1n) is 5.46. The van der Waals surface area contributed by atoms with E-state index in [4.69, 9.17) is 4.74 Å². The van der Waals surface area contributed by atoms with Crippen LogP contribution in [0.5, 0.6) is 0 Å². The zero-order valence-corrected chi connectivity index (χ0v) is 9.68. The van der Waals surface area contributed by atoms with Gasteiger partial charge in [0.1, 0.15) is 0 Å². The summed E-state index contributed by atoms with van der Waals surface area (Å²) in [6.45, 7) is 5.53. The molecule has 0 aromatic heterocycles. The third kappa shape index (κ3) is 2.63. The number of piperidine rings is 1. The number of thioether (sulfide) groups is 1. The second-order valence-corrected chi connectivity index (χ2v) is 5.04. The molecule has 0 saturated carbocycles. The summed E-state index contributed by atoms with van der Waals surface area (Å²) in [5.74, 6) is 1.25. The Morgan fingerprint density at radius 1 is 1.57 bits per heavy atom. The van der Waals surface area contributed by atoms with E-state index in [1.165, 1.54) is 31.8 Å². The maximum Gasteiger partial charge on any atom is 0.0753 e. The first kappa shape index (κ1) is 10.7. The molecule has 0 aromatic rings. The predicted molar refractivity (Wildman–Crippen MR) is 61.0 cm³/mol. The topological polar surface area (TPSA) is 24.5 Å². The monoisotopic (exact) mass is 216 g/mol. The minimum absolute atomic E-state index is 0.481. The summed E-state index contributed by atoms with van der Waals surface area (Å²) in [6, 6.07) is 0.583. The van der Waals surface area contributed by atoms with Gasteiger partial charge in [0.15, 0.2) is 0 Å². The van der Waals surface area contributed by atoms with Crippen LogP contribution in [0, 0.1) is 0 Å². The standard InChI is InChI=1S/C10H20N2OS/c1-14-7-5-12-4-2-10-9(8-12)11-3-6-13-10/h9-11H,2-8H2,1H3/t9-,10+/m0/s1. The van der Waals surface area contributed by atoms with Gasteiger partial charge in [-0.25, -0.2) is 0 Å². The van der Waals surface area contributed by atoms with Gasteiger partial charge in [0.25, 0.3) is 0 Å². The summed E-state index contributed by atoms with van der Waals surface area (Å²) >= 11 is 1.93. The van der Waals surface area contributed by atoms with Gasteiger partial charge in [-0.15, -0.1) is 0 Å². The highest BCUT2D eigenvalue weighted by Crippen LogP contribution is 2.16. The van der Waals surface area contributed by atoms with Crippen molar-refractivity contribution in [2.75, 3.05) is 44.8 Å². The Morgan fingerprint density at radius 3 is 3.36 bits per heavy atom. The summed E-state index contributed by atoms with van der Waals surface area (Å²) in [5, 5.41) is 3.55. The molecule has 0 radical (unpaired) electrons. The van der Waals surface area contributed by atoms with Gasteiger partial charge in [0, 0.05) is 38.0 Å². The van der Waals surface area contributed by atoms with Crippen molar-refractivity contribution in [3.8, 4) is 0 Å². The fraction of sp³-hybridized carbons (Fsp3) is 1.00. The highest BCUT2D eigenvalue weighted by molar-refractivity contribution is 7.98. The van der Waals surface area contributed by atoms with Crippen LogP contribution in [0.2, 0.25) is 0 Å². The van der Waals surface area contributed by atoms with Gasteiger partial charge >= 0.3 is 0 Å². The normalized spacial score (nSPS) is 34.1. The molecule has 14 heavy (non-hydrogen) atoms. The summed E-state index contributed by atoms with van der Waals surface area (Å²) in [4.78, 5) is 2.55. The van der Waals surface area contributed by atoms with Crippen molar-refractivity contribution in [3.05, 3.63) is 0 Å². The third-order valence-electron chi connectivity index (χ3n) is 3.09. The number of ether oxygens (including phenoxy) is 1. The van der Waals surface area contributed by atoms with Crippen molar-refractivity contribution in [1.82, 2.24) is 10.2 Å². The Bertz CT molecular complexity index is 180. The van der Waals surface area contributed by atoms with Crippen LogP contribution in [0.4, 0.5) is 0 Å². The van der Waals surface area contributed by atoms with E-state index in [2.05, 4.69) is 16.5 Å². The molecule has 3 nitrogen and oxygen atoms in total. The van der Waals surface area contributed by atoms with Gasteiger partial charge in [-0.05, 0) is 12.7 Å². The van der Waals surface area contributed by atoms with Crippen molar-refractivity contribution < 1.29 is 4.74 Å². The maximum absolute atomic E-state index is 5.74. The lowest BCUT2D eigenvalue weighted by atomic mass is 10.0. The molecule has 2 fully saturated rings. The molecule has 4 heteroatoms. The number of likely N-dealkylation sites (tertiary alicyclic amines) is 1. The second kappa shape index (κ2) is 5.35. The summed E-state index contributed by atoms with van der Waals surface area (Å²) in [7, 11) is 0. The molecule has 2 aliphatic heterocycles. The number of nitrogens with zero attached hydrogens (tertiary/aromatic N) is 1. The molecule has 0 aliphatic carbocycles. The van der Waals surface area contributed by atoms with Gasteiger partial charge in [0.05, 0.1) is 12.7 Å². The number of nitrogens with one attached hydrogen (secondary N) is 1. The Labute approximate surface area is 90.6 Å². The van der Waals surface area contributed by atoms with Crippen LogP contribution in [0.15, 0.2) is 0 Å². The van der Waals surface area contributed by atoms with Crippen LogP contribution in [0.1, 0.15) is 6.42 Å². The number of rotatable bonds is 3. The SMILES string of the molecule is CSCCN1CC[C@H]2OCCN[C@H]2C1. The fourth-order valence-corrected chi connectivity index (χ4v) is 2.71. The quantitative estimate of drug-likeness (QED) is 0.738. The van der Waals surface area contributed by atoms with Gasteiger partial charge in [0.2, 0.25) is 0 Å². The summed E-state index contributed by atoms with van der Waals surface area (Å²) in [5.41, 5.74) is 0. The van der Waals surface area contributed by atoms with Gasteiger partial charge < -0.3 is 15.0 Å². The van der Waals surface area contributed by atoms with Crippen LogP contribution in [-0.4, -0.2) is 61.8 Å². The van der Waals surface area contributed by atoms with Gasteiger partial charge in [-0.2, -0.15) is 11.8 Å².